The van der Waals surface area contributed by atoms with Crippen molar-refractivity contribution in [2.75, 3.05) is 5.32 Å². The summed E-state index contributed by atoms with van der Waals surface area (Å²) in [4.78, 5) is 17.8. The van der Waals surface area contributed by atoms with Gasteiger partial charge in [0.2, 0.25) is 0 Å². The van der Waals surface area contributed by atoms with Gasteiger partial charge < -0.3 is 10.1 Å². The fourth-order valence-electron chi connectivity index (χ4n) is 3.59. The van der Waals surface area contributed by atoms with E-state index in [2.05, 4.69) is 5.32 Å². The third-order valence-electron chi connectivity index (χ3n) is 4.99. The van der Waals surface area contributed by atoms with Gasteiger partial charge >= 0.3 is 0 Å². The quantitative estimate of drug-likeness (QED) is 0.587. The van der Waals surface area contributed by atoms with Crippen molar-refractivity contribution < 1.29 is 9.53 Å². The summed E-state index contributed by atoms with van der Waals surface area (Å²) in [5.41, 5.74) is 4.63. The topological polar surface area (TPSA) is 55.6 Å². The second-order valence-electron chi connectivity index (χ2n) is 7.02. The number of hydrogen-bond acceptors (Lipinski definition) is 3. The average molecular weight is 369 g/mol. The molecule has 1 atom stereocenters. The number of benzene rings is 2. The molecular weight excluding hydrogens is 350 g/mol. The minimum absolute atomic E-state index is 0.170. The number of nitrogens with zero attached hydrogens (tertiary/aromatic N) is 2. The van der Waals surface area contributed by atoms with Crippen LogP contribution in [0.1, 0.15) is 11.1 Å². The molecule has 0 saturated heterocycles. The molecule has 0 radical (unpaired) electrons. The van der Waals surface area contributed by atoms with Gasteiger partial charge in [-0.05, 0) is 30.2 Å². The lowest BCUT2D eigenvalue weighted by Gasteiger charge is -2.13. The standard InChI is InChI=1S/C23H19N3O2/c1-15-11-12-20-24-21(16-7-3-2-4-8-16)22(26(20)14-15)25-23(27)19-13-17-9-5-6-10-18(17)28-19/h2-12,14,19H,13H2,1H3,(H,25,27)/t19-/m0/s1. The minimum atomic E-state index is -0.545. The zero-order valence-electron chi connectivity index (χ0n) is 15.4. The highest BCUT2D eigenvalue weighted by molar-refractivity contribution is 5.98. The smallest absolute Gasteiger partial charge is 0.266 e. The number of aryl methyl sites for hydroxylation is 1. The Hall–Kier alpha value is -3.60. The maximum Gasteiger partial charge on any atom is 0.266 e. The first-order chi connectivity index (χ1) is 13.7. The zero-order chi connectivity index (χ0) is 19.1. The van der Waals surface area contributed by atoms with Crippen molar-refractivity contribution in [1.29, 1.82) is 0 Å². The van der Waals surface area contributed by atoms with Crippen molar-refractivity contribution >= 4 is 17.4 Å². The van der Waals surface area contributed by atoms with Gasteiger partial charge in [0.15, 0.2) is 6.10 Å². The summed E-state index contributed by atoms with van der Waals surface area (Å²) in [5, 5.41) is 3.07. The molecule has 2 aromatic heterocycles. The molecule has 3 heterocycles. The first-order valence-electron chi connectivity index (χ1n) is 9.28. The Morgan fingerprint density at radius 3 is 2.68 bits per heavy atom. The number of pyridine rings is 1. The van der Waals surface area contributed by atoms with E-state index in [9.17, 15) is 4.79 Å². The Morgan fingerprint density at radius 1 is 1.07 bits per heavy atom. The molecule has 0 bridgehead atoms. The van der Waals surface area contributed by atoms with Crippen LogP contribution >= 0.6 is 0 Å². The van der Waals surface area contributed by atoms with Gasteiger partial charge in [-0.25, -0.2) is 4.98 Å². The Kier molecular flexibility index (Phi) is 3.86. The number of hydrogen-bond donors (Lipinski definition) is 1. The molecular formula is C23H19N3O2. The molecule has 138 valence electrons. The van der Waals surface area contributed by atoms with Crippen molar-refractivity contribution in [3.63, 3.8) is 0 Å². The predicted octanol–water partition coefficient (Wildman–Crippen LogP) is 4.25. The van der Waals surface area contributed by atoms with Gasteiger partial charge in [0.1, 0.15) is 22.9 Å². The zero-order valence-corrected chi connectivity index (χ0v) is 15.4. The number of carbonyl (C=O) groups is 1. The van der Waals surface area contributed by atoms with Crippen LogP contribution in [-0.4, -0.2) is 21.4 Å². The van der Waals surface area contributed by atoms with E-state index in [0.29, 0.717) is 12.2 Å². The molecule has 5 rings (SSSR count). The summed E-state index contributed by atoms with van der Waals surface area (Å²) in [6.07, 6.45) is 2.00. The second-order valence-corrected chi connectivity index (χ2v) is 7.02. The monoisotopic (exact) mass is 369 g/mol. The molecule has 0 aliphatic carbocycles. The number of aromatic nitrogens is 2. The molecule has 5 heteroatoms. The first-order valence-corrected chi connectivity index (χ1v) is 9.28. The van der Waals surface area contributed by atoms with Crippen LogP contribution < -0.4 is 10.1 Å². The minimum Gasteiger partial charge on any atom is -0.480 e. The maximum atomic E-state index is 13.0. The summed E-state index contributed by atoms with van der Waals surface area (Å²) < 4.78 is 7.79. The van der Waals surface area contributed by atoms with Crippen LogP contribution in [0.15, 0.2) is 72.9 Å². The van der Waals surface area contributed by atoms with Gasteiger partial charge in [-0.2, -0.15) is 0 Å². The van der Waals surface area contributed by atoms with Crippen molar-refractivity contribution in [2.24, 2.45) is 0 Å². The van der Waals surface area contributed by atoms with E-state index in [-0.39, 0.29) is 5.91 Å². The molecule has 5 nitrogen and oxygen atoms in total. The summed E-state index contributed by atoms with van der Waals surface area (Å²) in [6, 6.07) is 21.6. The van der Waals surface area contributed by atoms with Crippen LogP contribution in [0, 0.1) is 6.92 Å². The van der Waals surface area contributed by atoms with Crippen molar-refractivity contribution in [2.45, 2.75) is 19.4 Å². The maximum absolute atomic E-state index is 13.0. The molecule has 4 aromatic rings. The van der Waals surface area contributed by atoms with Gasteiger partial charge in [-0.15, -0.1) is 0 Å². The van der Waals surface area contributed by atoms with Crippen LogP contribution in [0.2, 0.25) is 0 Å². The van der Waals surface area contributed by atoms with Crippen molar-refractivity contribution in [1.82, 2.24) is 9.38 Å². The van der Waals surface area contributed by atoms with Crippen LogP contribution in [0.3, 0.4) is 0 Å². The lowest BCUT2D eigenvalue weighted by atomic mass is 10.1. The summed E-state index contributed by atoms with van der Waals surface area (Å²) >= 11 is 0. The Bertz CT molecular complexity index is 1160. The van der Waals surface area contributed by atoms with Crippen LogP contribution in [0.5, 0.6) is 5.75 Å². The predicted molar refractivity (Wildman–Crippen MR) is 109 cm³/mol. The van der Waals surface area contributed by atoms with Crippen molar-refractivity contribution in [3.05, 3.63) is 84.1 Å². The molecule has 1 aliphatic heterocycles. The van der Waals surface area contributed by atoms with Gasteiger partial charge in [-0.1, -0.05) is 54.6 Å². The van der Waals surface area contributed by atoms with Gasteiger partial charge in [-0.3, -0.25) is 9.20 Å². The van der Waals surface area contributed by atoms with E-state index < -0.39 is 6.10 Å². The number of amides is 1. The van der Waals surface area contributed by atoms with Crippen molar-refractivity contribution in [3.8, 4) is 17.0 Å². The normalized spacial score (nSPS) is 15.2. The molecule has 1 N–H and O–H groups in total. The molecule has 0 fully saturated rings. The van der Waals surface area contributed by atoms with Crippen LogP contribution in [0.25, 0.3) is 16.9 Å². The SMILES string of the molecule is Cc1ccc2nc(-c3ccccc3)c(NC(=O)[C@@H]3Cc4ccccc4O3)n2c1. The third kappa shape index (κ3) is 2.81. The molecule has 1 aliphatic rings. The number of rotatable bonds is 3. The Morgan fingerprint density at radius 2 is 1.86 bits per heavy atom. The highest BCUT2D eigenvalue weighted by Gasteiger charge is 2.30. The Labute approximate surface area is 162 Å². The molecule has 1 amide bonds. The molecule has 2 aromatic carbocycles. The van der Waals surface area contributed by atoms with Crippen LogP contribution in [-0.2, 0) is 11.2 Å². The number of fused-ring (bicyclic) bond motifs is 2. The lowest BCUT2D eigenvalue weighted by Crippen LogP contribution is -2.32. The fourth-order valence-corrected chi connectivity index (χ4v) is 3.59. The van der Waals surface area contributed by atoms with E-state index in [1.54, 1.807) is 0 Å². The Balaban J connectivity index is 1.53. The molecule has 28 heavy (non-hydrogen) atoms. The summed E-state index contributed by atoms with van der Waals surface area (Å²) in [6.45, 7) is 2.02. The summed E-state index contributed by atoms with van der Waals surface area (Å²) in [7, 11) is 0. The van der Waals surface area contributed by atoms with E-state index in [1.165, 1.54) is 0 Å². The number of anilines is 1. The molecule has 0 saturated carbocycles. The summed E-state index contributed by atoms with van der Waals surface area (Å²) in [5.74, 6) is 1.27. The van der Waals surface area contributed by atoms with Gasteiger partial charge in [0.05, 0.1) is 0 Å². The van der Waals surface area contributed by atoms with Crippen LogP contribution in [0.4, 0.5) is 5.82 Å². The van der Waals surface area contributed by atoms with Gasteiger partial charge in [0.25, 0.3) is 5.91 Å². The van der Waals surface area contributed by atoms with E-state index in [0.717, 1.165) is 33.8 Å². The largest absolute Gasteiger partial charge is 0.480 e. The first kappa shape index (κ1) is 16.6. The number of ether oxygens (including phenoxy) is 1. The highest BCUT2D eigenvalue weighted by Crippen LogP contribution is 2.31. The van der Waals surface area contributed by atoms with E-state index >= 15 is 0 Å². The highest BCUT2D eigenvalue weighted by atomic mass is 16.5. The molecule has 0 unspecified atom stereocenters. The fraction of sp³-hybridized carbons (Fsp3) is 0.130. The number of nitrogens with one attached hydrogen (secondary N) is 1. The van der Waals surface area contributed by atoms with E-state index in [1.807, 2.05) is 84.3 Å². The second kappa shape index (κ2) is 6.53. The van der Waals surface area contributed by atoms with E-state index in [4.69, 9.17) is 9.72 Å². The average Bonchev–Trinajstić information content (AvgIpc) is 3.30. The number of para-hydroxylation sites is 1. The lowest BCUT2D eigenvalue weighted by molar-refractivity contribution is -0.122. The third-order valence-corrected chi connectivity index (χ3v) is 4.99. The molecule has 0 spiro atoms. The van der Waals surface area contributed by atoms with Gasteiger partial charge in [0, 0.05) is 18.2 Å². The number of imidazole rings is 1. The number of carbonyl (C=O) groups excluding carboxylic acids is 1.